The van der Waals surface area contributed by atoms with Crippen LogP contribution >= 0.6 is 0 Å². The zero-order valence-electron chi connectivity index (χ0n) is 11.1. The molecule has 0 radical (unpaired) electrons. The average molecular weight is 238 g/mol. The van der Waals surface area contributed by atoms with Gasteiger partial charge in [0.1, 0.15) is 0 Å². The van der Waals surface area contributed by atoms with Gasteiger partial charge in [0.15, 0.2) is 0 Å². The van der Waals surface area contributed by atoms with Crippen LogP contribution in [0.25, 0.3) is 0 Å². The molecule has 2 fully saturated rings. The lowest BCUT2D eigenvalue weighted by Crippen LogP contribution is -2.45. The summed E-state index contributed by atoms with van der Waals surface area (Å²) in [4.78, 5) is 11.8. The maximum atomic E-state index is 11.8. The number of rotatable bonds is 4. The summed E-state index contributed by atoms with van der Waals surface area (Å²) >= 11 is 0. The molecule has 0 aromatic carbocycles. The van der Waals surface area contributed by atoms with E-state index in [-0.39, 0.29) is 17.9 Å². The van der Waals surface area contributed by atoms with E-state index in [0.717, 1.165) is 11.8 Å². The molecular weight excluding hydrogens is 212 g/mol. The van der Waals surface area contributed by atoms with E-state index in [4.69, 9.17) is 5.73 Å². The Morgan fingerprint density at radius 3 is 2.47 bits per heavy atom. The summed E-state index contributed by atoms with van der Waals surface area (Å²) in [5, 5.41) is 3.12. The summed E-state index contributed by atoms with van der Waals surface area (Å²) in [5.74, 6) is 1.88. The SMILES string of the molecule is CC(C)[C@H](N)C(=O)NC1CC1C1CCCCC1. The highest BCUT2D eigenvalue weighted by molar-refractivity contribution is 5.82. The molecule has 0 aliphatic heterocycles. The van der Waals surface area contributed by atoms with Crippen LogP contribution in [0.3, 0.4) is 0 Å². The molecule has 0 spiro atoms. The van der Waals surface area contributed by atoms with Gasteiger partial charge in [-0.2, -0.15) is 0 Å². The van der Waals surface area contributed by atoms with Crippen molar-refractivity contribution in [1.82, 2.24) is 5.32 Å². The Morgan fingerprint density at radius 2 is 1.88 bits per heavy atom. The first kappa shape index (κ1) is 12.9. The van der Waals surface area contributed by atoms with E-state index in [1.807, 2.05) is 13.8 Å². The number of nitrogens with one attached hydrogen (secondary N) is 1. The zero-order valence-corrected chi connectivity index (χ0v) is 11.1. The standard InChI is InChI=1S/C14H26N2O/c1-9(2)13(15)14(17)16-12-8-11(12)10-6-4-3-5-7-10/h9-13H,3-8,15H2,1-2H3,(H,16,17)/t11?,12?,13-/m0/s1. The molecule has 3 atom stereocenters. The zero-order chi connectivity index (χ0) is 12.4. The second-order valence-electron chi connectivity index (χ2n) is 6.18. The fourth-order valence-electron chi connectivity index (χ4n) is 3.05. The van der Waals surface area contributed by atoms with Gasteiger partial charge in [-0.15, -0.1) is 0 Å². The van der Waals surface area contributed by atoms with Gasteiger partial charge in [0, 0.05) is 6.04 Å². The van der Waals surface area contributed by atoms with Crippen molar-refractivity contribution in [2.24, 2.45) is 23.5 Å². The van der Waals surface area contributed by atoms with Gasteiger partial charge in [-0.05, 0) is 24.2 Å². The molecule has 3 heteroatoms. The fraction of sp³-hybridized carbons (Fsp3) is 0.929. The molecule has 3 nitrogen and oxygen atoms in total. The van der Waals surface area contributed by atoms with Crippen LogP contribution in [0.15, 0.2) is 0 Å². The molecule has 3 N–H and O–H groups in total. The van der Waals surface area contributed by atoms with Gasteiger partial charge in [0.25, 0.3) is 0 Å². The molecule has 2 saturated carbocycles. The molecule has 2 rings (SSSR count). The summed E-state index contributed by atoms with van der Waals surface area (Å²) in [6.07, 6.45) is 8.08. The van der Waals surface area contributed by atoms with Crippen LogP contribution in [-0.2, 0) is 4.79 Å². The van der Waals surface area contributed by atoms with Crippen LogP contribution in [0.5, 0.6) is 0 Å². The second-order valence-corrected chi connectivity index (χ2v) is 6.18. The molecule has 0 heterocycles. The van der Waals surface area contributed by atoms with Crippen molar-refractivity contribution in [3.8, 4) is 0 Å². The van der Waals surface area contributed by atoms with Crippen molar-refractivity contribution >= 4 is 5.91 Å². The number of carbonyl (C=O) groups excluding carboxylic acids is 1. The third-order valence-corrected chi connectivity index (χ3v) is 4.44. The molecule has 0 aromatic heterocycles. The summed E-state index contributed by atoms with van der Waals surface area (Å²) in [6.45, 7) is 3.99. The van der Waals surface area contributed by atoms with Crippen molar-refractivity contribution in [1.29, 1.82) is 0 Å². The Hall–Kier alpha value is -0.570. The second kappa shape index (κ2) is 5.38. The van der Waals surface area contributed by atoms with E-state index in [1.54, 1.807) is 0 Å². The Kier molecular flexibility index (Phi) is 4.08. The van der Waals surface area contributed by atoms with E-state index < -0.39 is 0 Å². The van der Waals surface area contributed by atoms with Crippen molar-refractivity contribution in [3.63, 3.8) is 0 Å². The van der Waals surface area contributed by atoms with E-state index in [2.05, 4.69) is 5.32 Å². The lowest BCUT2D eigenvalue weighted by atomic mass is 9.85. The summed E-state index contributed by atoms with van der Waals surface area (Å²) in [6, 6.07) is 0.0815. The Balaban J connectivity index is 1.73. The van der Waals surface area contributed by atoms with Gasteiger partial charge < -0.3 is 11.1 Å². The largest absolute Gasteiger partial charge is 0.352 e. The molecule has 0 bridgehead atoms. The van der Waals surface area contributed by atoms with Crippen LogP contribution < -0.4 is 11.1 Å². The van der Waals surface area contributed by atoms with Crippen LogP contribution in [-0.4, -0.2) is 18.0 Å². The van der Waals surface area contributed by atoms with Crippen molar-refractivity contribution in [3.05, 3.63) is 0 Å². The van der Waals surface area contributed by atoms with Crippen molar-refractivity contribution in [2.75, 3.05) is 0 Å². The van der Waals surface area contributed by atoms with Gasteiger partial charge in [-0.3, -0.25) is 4.79 Å². The predicted molar refractivity (Wildman–Crippen MR) is 69.4 cm³/mol. The number of amides is 1. The number of carbonyl (C=O) groups is 1. The van der Waals surface area contributed by atoms with Gasteiger partial charge in [0.05, 0.1) is 6.04 Å². The highest BCUT2D eigenvalue weighted by Crippen LogP contribution is 2.44. The smallest absolute Gasteiger partial charge is 0.237 e. The molecular formula is C14H26N2O. The van der Waals surface area contributed by atoms with Crippen LogP contribution in [0.2, 0.25) is 0 Å². The molecule has 2 unspecified atom stereocenters. The Labute approximate surface area is 105 Å². The molecule has 0 aromatic rings. The third kappa shape index (κ3) is 3.21. The average Bonchev–Trinajstić information content (AvgIpc) is 3.08. The lowest BCUT2D eigenvalue weighted by Gasteiger charge is -2.22. The topological polar surface area (TPSA) is 55.1 Å². The monoisotopic (exact) mass is 238 g/mol. The van der Waals surface area contributed by atoms with E-state index in [0.29, 0.717) is 6.04 Å². The highest BCUT2D eigenvalue weighted by Gasteiger charge is 2.44. The molecule has 0 saturated heterocycles. The van der Waals surface area contributed by atoms with Gasteiger partial charge in [-0.25, -0.2) is 0 Å². The lowest BCUT2D eigenvalue weighted by molar-refractivity contribution is -0.123. The van der Waals surface area contributed by atoms with Crippen molar-refractivity contribution < 1.29 is 4.79 Å². The summed E-state index contributed by atoms with van der Waals surface area (Å²) in [5.41, 5.74) is 5.85. The molecule has 1 amide bonds. The number of hydrogen-bond acceptors (Lipinski definition) is 2. The highest BCUT2D eigenvalue weighted by atomic mass is 16.2. The quantitative estimate of drug-likeness (QED) is 0.787. The van der Waals surface area contributed by atoms with E-state index >= 15 is 0 Å². The van der Waals surface area contributed by atoms with E-state index in [1.165, 1.54) is 38.5 Å². The molecule has 2 aliphatic carbocycles. The minimum absolute atomic E-state index is 0.0447. The number of hydrogen-bond donors (Lipinski definition) is 2. The predicted octanol–water partition coefficient (Wildman–Crippen LogP) is 2.05. The first-order chi connectivity index (χ1) is 8.09. The summed E-state index contributed by atoms with van der Waals surface area (Å²) < 4.78 is 0. The Bertz CT molecular complexity index is 271. The maximum Gasteiger partial charge on any atom is 0.237 e. The minimum Gasteiger partial charge on any atom is -0.352 e. The minimum atomic E-state index is -0.345. The van der Waals surface area contributed by atoms with Crippen LogP contribution in [0.1, 0.15) is 52.4 Å². The van der Waals surface area contributed by atoms with Gasteiger partial charge >= 0.3 is 0 Å². The first-order valence-electron chi connectivity index (χ1n) is 7.15. The maximum absolute atomic E-state index is 11.8. The molecule has 2 aliphatic rings. The van der Waals surface area contributed by atoms with Gasteiger partial charge in [-0.1, -0.05) is 46.0 Å². The fourth-order valence-corrected chi connectivity index (χ4v) is 3.05. The molecule has 17 heavy (non-hydrogen) atoms. The summed E-state index contributed by atoms with van der Waals surface area (Å²) in [7, 11) is 0. The van der Waals surface area contributed by atoms with Crippen molar-refractivity contribution in [2.45, 2.75) is 64.5 Å². The van der Waals surface area contributed by atoms with Crippen LogP contribution in [0.4, 0.5) is 0 Å². The normalized spacial score (nSPS) is 31.3. The molecule has 98 valence electrons. The number of nitrogens with two attached hydrogens (primary N) is 1. The third-order valence-electron chi connectivity index (χ3n) is 4.44. The first-order valence-corrected chi connectivity index (χ1v) is 7.15. The van der Waals surface area contributed by atoms with E-state index in [9.17, 15) is 4.79 Å². The van der Waals surface area contributed by atoms with Gasteiger partial charge in [0.2, 0.25) is 5.91 Å². The Morgan fingerprint density at radius 1 is 1.24 bits per heavy atom. The van der Waals surface area contributed by atoms with Crippen LogP contribution in [0, 0.1) is 17.8 Å².